The highest BCUT2D eigenvalue weighted by Crippen LogP contribution is 2.43. The van der Waals surface area contributed by atoms with Crippen molar-refractivity contribution in [2.75, 3.05) is 0 Å². The van der Waals surface area contributed by atoms with Crippen LogP contribution in [0.1, 0.15) is 47.2 Å². The summed E-state index contributed by atoms with van der Waals surface area (Å²) in [5, 5.41) is 9.93. The molecule has 1 saturated carbocycles. The molecule has 1 fully saturated rings. The number of aromatic hydroxyl groups is 1. The third kappa shape index (κ3) is 3.70. The fourth-order valence-corrected chi connectivity index (χ4v) is 5.84. The number of benzene rings is 3. The molecule has 3 aromatic rings. The molecule has 0 amide bonds. The molecule has 0 saturated heterocycles. The summed E-state index contributed by atoms with van der Waals surface area (Å²) in [6.45, 7) is 0. The average molecular weight is 431 g/mol. The molecule has 1 atom stereocenters. The van der Waals surface area contributed by atoms with Crippen molar-refractivity contribution in [3.05, 3.63) is 94.4 Å². The topological polar surface area (TPSA) is 63.6 Å². The summed E-state index contributed by atoms with van der Waals surface area (Å²) in [4.78, 5) is 14.3. The summed E-state index contributed by atoms with van der Waals surface area (Å²) < 4.78 is 19.5. The molecule has 5 heteroatoms. The zero-order valence-electron chi connectivity index (χ0n) is 16.9. The van der Waals surface area contributed by atoms with Crippen LogP contribution in [0.2, 0.25) is 0 Å². The minimum Gasteiger partial charge on any atom is -0.508 e. The minimum atomic E-state index is -1.69. The largest absolute Gasteiger partial charge is 0.508 e. The van der Waals surface area contributed by atoms with Crippen LogP contribution in [-0.4, -0.2) is 21.2 Å². The van der Waals surface area contributed by atoms with Gasteiger partial charge in [-0.2, -0.15) is 0 Å². The molecule has 1 aliphatic heterocycles. The van der Waals surface area contributed by atoms with Crippen LogP contribution in [0, 0.1) is 0 Å². The van der Waals surface area contributed by atoms with E-state index in [9.17, 15) is 14.1 Å². The number of hydrogen-bond acceptors (Lipinski definition) is 4. The Morgan fingerprint density at radius 2 is 1.71 bits per heavy atom. The second-order valence-electron chi connectivity index (χ2n) is 7.90. The van der Waals surface area contributed by atoms with E-state index in [1.165, 1.54) is 18.9 Å². The van der Waals surface area contributed by atoms with E-state index in [1.807, 2.05) is 36.4 Å². The van der Waals surface area contributed by atoms with Crippen molar-refractivity contribution in [1.82, 2.24) is 0 Å². The van der Waals surface area contributed by atoms with Gasteiger partial charge >= 0.3 is 0 Å². The number of phenols is 1. The first kappa shape index (κ1) is 19.8. The molecule has 0 aromatic heterocycles. The lowest BCUT2D eigenvalue weighted by Crippen LogP contribution is -2.12. The first-order valence-electron chi connectivity index (χ1n) is 10.5. The van der Waals surface area contributed by atoms with Gasteiger partial charge in [-0.3, -0.25) is 4.79 Å². The predicted octanol–water partition coefficient (Wildman–Crippen LogP) is 5.48. The third-order valence-electron chi connectivity index (χ3n) is 5.82. The molecule has 1 N–H and O–H groups in total. The van der Waals surface area contributed by atoms with Gasteiger partial charge in [0.1, 0.15) is 16.4 Å². The second kappa shape index (κ2) is 8.16. The molecule has 2 aliphatic rings. The maximum atomic E-state index is 13.6. The molecule has 0 spiro atoms. The van der Waals surface area contributed by atoms with Gasteiger partial charge < -0.3 is 9.84 Å². The number of ether oxygens (including phenoxy) is 1. The Balaban J connectivity index is 1.58. The van der Waals surface area contributed by atoms with Crippen LogP contribution in [0.15, 0.2) is 82.6 Å². The smallest absolute Gasteiger partial charge is 0.203 e. The van der Waals surface area contributed by atoms with E-state index < -0.39 is 10.8 Å². The number of carbonyl (C=O) groups is 1. The summed E-state index contributed by atoms with van der Waals surface area (Å²) in [6.07, 6.45) is 4.59. The molecular formula is C26H22O4S. The van der Waals surface area contributed by atoms with Gasteiger partial charge in [-0.15, -0.1) is 0 Å². The van der Waals surface area contributed by atoms with Crippen molar-refractivity contribution in [3.63, 3.8) is 0 Å². The van der Waals surface area contributed by atoms with Gasteiger partial charge in [-0.05, 0) is 61.6 Å². The van der Waals surface area contributed by atoms with Crippen LogP contribution in [0.4, 0.5) is 0 Å². The lowest BCUT2D eigenvalue weighted by atomic mass is 9.95. The van der Waals surface area contributed by atoms with E-state index in [-0.39, 0.29) is 22.5 Å². The summed E-state index contributed by atoms with van der Waals surface area (Å²) in [6, 6.07) is 21.4. The number of Topliss-reactive ketones (excluding diaryl/α,β-unsaturated/α-hetero) is 1. The fourth-order valence-electron chi connectivity index (χ4n) is 4.33. The van der Waals surface area contributed by atoms with E-state index in [0.29, 0.717) is 27.3 Å². The summed E-state index contributed by atoms with van der Waals surface area (Å²) in [5.74, 6) is 0.406. The fraction of sp³-hybridized carbons (Fsp3) is 0.192. The molecular weight excluding hydrogens is 408 g/mol. The third-order valence-corrected chi connectivity index (χ3v) is 7.31. The molecule has 4 nitrogen and oxygen atoms in total. The maximum absolute atomic E-state index is 13.6. The first-order valence-corrected chi connectivity index (χ1v) is 11.6. The highest BCUT2D eigenvalue weighted by atomic mass is 32.2. The number of fused-ring (bicyclic) bond motifs is 1. The molecule has 1 heterocycles. The number of phenolic OH excluding ortho intramolecular Hbond substituents is 1. The van der Waals surface area contributed by atoms with E-state index in [1.54, 1.807) is 30.3 Å². The highest BCUT2D eigenvalue weighted by Gasteiger charge is 2.34. The lowest BCUT2D eigenvalue weighted by molar-refractivity contribution is 0.104. The van der Waals surface area contributed by atoms with Crippen LogP contribution < -0.4 is 4.74 Å². The monoisotopic (exact) mass is 430 g/mol. The molecule has 0 radical (unpaired) electrons. The molecule has 3 aromatic carbocycles. The normalized spacial score (nSPS) is 18.3. The van der Waals surface area contributed by atoms with Crippen molar-refractivity contribution in [1.29, 1.82) is 0 Å². The Bertz CT molecular complexity index is 1210. The molecule has 5 rings (SSSR count). The van der Waals surface area contributed by atoms with Gasteiger partial charge in [0.05, 0.1) is 21.8 Å². The lowest BCUT2D eigenvalue weighted by Gasteiger charge is -2.14. The zero-order valence-corrected chi connectivity index (χ0v) is 17.7. The van der Waals surface area contributed by atoms with Crippen molar-refractivity contribution in [2.24, 2.45) is 0 Å². The second-order valence-corrected chi connectivity index (χ2v) is 9.29. The molecule has 1 aliphatic carbocycles. The van der Waals surface area contributed by atoms with Gasteiger partial charge in [-0.1, -0.05) is 42.5 Å². The van der Waals surface area contributed by atoms with Gasteiger partial charge in [0.2, 0.25) is 5.78 Å². The minimum absolute atomic E-state index is 0.0279. The first-order chi connectivity index (χ1) is 15.1. The predicted molar refractivity (Wildman–Crippen MR) is 121 cm³/mol. The number of carbonyl (C=O) groups excluding carboxylic acids is 1. The van der Waals surface area contributed by atoms with E-state index in [2.05, 4.69) is 0 Å². The summed E-state index contributed by atoms with van der Waals surface area (Å²) in [7, 11) is -1.69. The quantitative estimate of drug-likeness (QED) is 0.545. The summed E-state index contributed by atoms with van der Waals surface area (Å²) >= 11 is 0. The van der Waals surface area contributed by atoms with Crippen LogP contribution in [0.25, 0.3) is 5.57 Å². The maximum Gasteiger partial charge on any atom is 0.203 e. The van der Waals surface area contributed by atoms with Gasteiger partial charge in [0, 0.05) is 16.7 Å². The van der Waals surface area contributed by atoms with Crippen molar-refractivity contribution < 1.29 is 18.8 Å². The standard InChI is InChI=1S/C26H22O4S/c27-19-13-14-22-23(16-19)31(29)26(24(22)17-7-2-1-3-8-17)25(28)18-9-6-12-21(15-18)30-20-10-4-5-11-20/h1-3,6-9,12-16,20,27H,4-5,10-11H2. The average Bonchev–Trinajstić information content (AvgIpc) is 3.40. The van der Waals surface area contributed by atoms with Crippen molar-refractivity contribution >= 4 is 22.2 Å². The number of rotatable bonds is 5. The molecule has 156 valence electrons. The van der Waals surface area contributed by atoms with Crippen LogP contribution >= 0.6 is 0 Å². The zero-order chi connectivity index (χ0) is 21.4. The molecule has 31 heavy (non-hydrogen) atoms. The highest BCUT2D eigenvalue weighted by molar-refractivity contribution is 7.90. The Labute approximate surface area is 183 Å². The van der Waals surface area contributed by atoms with E-state index in [4.69, 9.17) is 4.74 Å². The Morgan fingerprint density at radius 3 is 2.48 bits per heavy atom. The van der Waals surface area contributed by atoms with E-state index >= 15 is 0 Å². The summed E-state index contributed by atoms with van der Waals surface area (Å²) in [5.41, 5.74) is 2.64. The van der Waals surface area contributed by atoms with Crippen LogP contribution in [0.5, 0.6) is 11.5 Å². The number of allylic oxidation sites excluding steroid dienone is 1. The van der Waals surface area contributed by atoms with Crippen molar-refractivity contribution in [3.8, 4) is 11.5 Å². The Kier molecular flexibility index (Phi) is 5.20. The van der Waals surface area contributed by atoms with E-state index in [0.717, 1.165) is 18.4 Å². The number of hydrogen-bond donors (Lipinski definition) is 1. The van der Waals surface area contributed by atoms with Gasteiger partial charge in [-0.25, -0.2) is 4.21 Å². The van der Waals surface area contributed by atoms with Crippen LogP contribution in [-0.2, 0) is 10.8 Å². The van der Waals surface area contributed by atoms with Gasteiger partial charge in [0.15, 0.2) is 0 Å². The van der Waals surface area contributed by atoms with Crippen molar-refractivity contribution in [2.45, 2.75) is 36.7 Å². The SMILES string of the molecule is O=C(C1=C(c2ccccc2)c2ccc(O)cc2S1=O)c1cccc(OC2CCCC2)c1. The van der Waals surface area contributed by atoms with Crippen LogP contribution in [0.3, 0.4) is 0 Å². The Morgan fingerprint density at radius 1 is 0.935 bits per heavy atom. The number of ketones is 1. The molecule has 1 unspecified atom stereocenters. The Hall–Kier alpha value is -3.18. The van der Waals surface area contributed by atoms with Gasteiger partial charge in [0.25, 0.3) is 0 Å². The molecule has 0 bridgehead atoms.